The molecule has 0 radical (unpaired) electrons. The molecule has 0 aliphatic carbocycles. The van der Waals surface area contributed by atoms with Gasteiger partial charge in [-0.1, -0.05) is 43.7 Å². The van der Waals surface area contributed by atoms with Crippen molar-refractivity contribution in [3.8, 4) is 0 Å². The van der Waals surface area contributed by atoms with Crippen LogP contribution in [-0.4, -0.2) is 164 Å². The van der Waals surface area contributed by atoms with Crippen molar-refractivity contribution in [3.63, 3.8) is 0 Å². The lowest BCUT2D eigenvalue weighted by Gasteiger charge is -2.42. The summed E-state index contributed by atoms with van der Waals surface area (Å²) in [6, 6.07) is 12.2. The summed E-state index contributed by atoms with van der Waals surface area (Å²) in [4.78, 5) is 35.6. The van der Waals surface area contributed by atoms with Crippen LogP contribution >= 0.6 is 0 Å². The van der Waals surface area contributed by atoms with Crippen LogP contribution in [-0.2, 0) is 25.6 Å². The highest BCUT2D eigenvalue weighted by atomic mass is 16.5. The summed E-state index contributed by atoms with van der Waals surface area (Å²) in [5.41, 5.74) is 1.41. The van der Waals surface area contributed by atoms with Gasteiger partial charge < -0.3 is 25.7 Å². The molecule has 4 fully saturated rings. The van der Waals surface area contributed by atoms with E-state index in [0.717, 1.165) is 84.8 Å². The monoisotopic (exact) mass is 664 g/mol. The van der Waals surface area contributed by atoms with Gasteiger partial charge in [0.15, 0.2) is 0 Å². The van der Waals surface area contributed by atoms with E-state index < -0.39 is 0 Å². The average Bonchev–Trinajstić information content (AvgIpc) is 3.07. The maximum atomic E-state index is 11.9. The molecule has 1 aromatic carbocycles. The van der Waals surface area contributed by atoms with Crippen molar-refractivity contribution < 1.29 is 30.0 Å². The molecule has 270 valence electrons. The van der Waals surface area contributed by atoms with E-state index in [1.54, 1.807) is 0 Å². The van der Waals surface area contributed by atoms with Crippen molar-refractivity contribution in [1.29, 1.82) is 0 Å². The van der Waals surface area contributed by atoms with E-state index in [1.807, 2.05) is 6.92 Å². The largest absolute Gasteiger partial charge is 0.465 e. The van der Waals surface area contributed by atoms with E-state index in [1.165, 1.54) is 44.3 Å². The number of carbonyl (C=O) groups excluding carboxylic acids is 2. The molecule has 0 aromatic heterocycles. The molecule has 0 saturated carbocycles. The van der Waals surface area contributed by atoms with Crippen molar-refractivity contribution in [3.05, 3.63) is 35.9 Å². The van der Waals surface area contributed by atoms with Gasteiger partial charge in [0.2, 0.25) is 0 Å². The first kappa shape index (κ1) is 41.0. The molecule has 0 atom stereocenters. The van der Waals surface area contributed by atoms with Gasteiger partial charge in [0.05, 0.1) is 26.3 Å². The summed E-state index contributed by atoms with van der Waals surface area (Å²) in [5.74, 6) is -0.144. The predicted molar refractivity (Wildman–Crippen MR) is 186 cm³/mol. The second kappa shape index (κ2) is 23.2. The van der Waals surface area contributed by atoms with Gasteiger partial charge in [0.25, 0.3) is 0 Å². The van der Waals surface area contributed by atoms with Crippen molar-refractivity contribution >= 4 is 11.9 Å². The van der Waals surface area contributed by atoms with Gasteiger partial charge in [-0.3, -0.25) is 34.1 Å². The minimum absolute atomic E-state index is 0. The number of benzene rings is 1. The maximum absolute atomic E-state index is 11.9. The Hall–Kier alpha value is -2.16. The molecule has 0 spiro atoms. The highest BCUT2D eigenvalue weighted by molar-refractivity contribution is 5.72. The van der Waals surface area contributed by atoms with Crippen LogP contribution in [0.3, 0.4) is 0 Å². The van der Waals surface area contributed by atoms with Crippen LogP contribution in [0.4, 0.5) is 0 Å². The van der Waals surface area contributed by atoms with E-state index >= 15 is 0 Å². The summed E-state index contributed by atoms with van der Waals surface area (Å²) in [6.07, 6.45) is 6.72. The number of likely N-dealkylation sites (tertiary alicyclic amines) is 2. The zero-order valence-electron chi connectivity index (χ0n) is 29.2. The number of piperazine rings is 2. The summed E-state index contributed by atoms with van der Waals surface area (Å²) >= 11 is 0. The predicted octanol–water partition coefficient (Wildman–Crippen LogP) is 0.882. The Labute approximate surface area is 283 Å². The Morgan fingerprint density at radius 1 is 0.681 bits per heavy atom. The van der Waals surface area contributed by atoms with Crippen molar-refractivity contribution in [2.45, 2.75) is 71.0 Å². The number of esters is 2. The number of unbranched alkanes of at least 4 members (excludes halogenated alkanes) is 1. The maximum Gasteiger partial charge on any atom is 0.320 e. The topological polar surface area (TPSA) is 144 Å². The van der Waals surface area contributed by atoms with Crippen LogP contribution in [0.25, 0.3) is 0 Å². The Bertz CT molecular complexity index is 961. The molecule has 4 heterocycles. The Kier molecular flexibility index (Phi) is 20.3. The fourth-order valence-electron chi connectivity index (χ4n) is 7.01. The molecule has 0 amide bonds. The van der Waals surface area contributed by atoms with E-state index in [4.69, 9.17) is 9.47 Å². The number of nitrogens with zero attached hydrogens (tertiary/aromatic N) is 5. The zero-order chi connectivity index (χ0) is 31.7. The lowest BCUT2D eigenvalue weighted by atomic mass is 10.0. The molecule has 1 aromatic rings. The lowest BCUT2D eigenvalue weighted by Crippen LogP contribution is -2.53. The third kappa shape index (κ3) is 14.9. The Morgan fingerprint density at radius 3 is 1.70 bits per heavy atom. The third-order valence-corrected chi connectivity index (χ3v) is 9.73. The number of hydrogen-bond donors (Lipinski definition) is 1. The fraction of sp³-hybridized carbons (Fsp3) is 0.771. The number of piperidine rings is 2. The SMILES string of the molecule is CCCCOC(=O)CN1CCC(N2CCN(Cc3ccccc3)CC2)CC1.CCOC(=O)CN1CCC(N2CCNCC2)CC1.O.O. The number of hydrogen-bond acceptors (Lipinski definition) is 10. The molecule has 4 aliphatic heterocycles. The molecule has 5 N–H and O–H groups in total. The minimum atomic E-state index is -0.0851. The second-order valence-electron chi connectivity index (χ2n) is 13.0. The van der Waals surface area contributed by atoms with Crippen molar-refractivity contribution in [2.75, 3.05) is 105 Å². The molecule has 12 nitrogen and oxygen atoms in total. The average molecular weight is 665 g/mol. The zero-order valence-corrected chi connectivity index (χ0v) is 29.2. The first-order chi connectivity index (χ1) is 22.0. The Balaban J connectivity index is 0.000000337. The molecular weight excluding hydrogens is 600 g/mol. The summed E-state index contributed by atoms with van der Waals surface area (Å²) in [6.45, 7) is 20.3. The fourth-order valence-corrected chi connectivity index (χ4v) is 7.01. The molecule has 0 bridgehead atoms. The van der Waals surface area contributed by atoms with Gasteiger partial charge in [-0.05, 0) is 44.6 Å². The van der Waals surface area contributed by atoms with Crippen LogP contribution < -0.4 is 5.32 Å². The number of carbonyl (C=O) groups is 2. The summed E-state index contributed by atoms with van der Waals surface area (Å²) < 4.78 is 10.3. The molecule has 12 heteroatoms. The van der Waals surface area contributed by atoms with Crippen LogP contribution in [0.15, 0.2) is 30.3 Å². The van der Waals surface area contributed by atoms with E-state index in [2.05, 4.69) is 67.1 Å². The van der Waals surface area contributed by atoms with E-state index in [-0.39, 0.29) is 22.9 Å². The molecule has 4 saturated heterocycles. The molecular formula is C35H64N6O6. The van der Waals surface area contributed by atoms with Crippen LogP contribution in [0.2, 0.25) is 0 Å². The Morgan fingerprint density at radius 2 is 1.19 bits per heavy atom. The minimum Gasteiger partial charge on any atom is -0.465 e. The number of nitrogens with one attached hydrogen (secondary N) is 1. The second-order valence-corrected chi connectivity index (χ2v) is 13.0. The van der Waals surface area contributed by atoms with E-state index in [0.29, 0.717) is 38.4 Å². The lowest BCUT2D eigenvalue weighted by molar-refractivity contribution is -0.146. The molecule has 0 unspecified atom stereocenters. The first-order valence-electron chi connectivity index (χ1n) is 17.7. The van der Waals surface area contributed by atoms with Gasteiger partial charge in [0.1, 0.15) is 0 Å². The summed E-state index contributed by atoms with van der Waals surface area (Å²) in [7, 11) is 0. The molecule has 5 rings (SSSR count). The van der Waals surface area contributed by atoms with E-state index in [9.17, 15) is 9.59 Å². The van der Waals surface area contributed by atoms with Crippen molar-refractivity contribution in [2.24, 2.45) is 0 Å². The number of rotatable bonds is 12. The van der Waals surface area contributed by atoms with Crippen LogP contribution in [0.5, 0.6) is 0 Å². The number of ether oxygens (including phenoxy) is 2. The van der Waals surface area contributed by atoms with Crippen LogP contribution in [0, 0.1) is 0 Å². The molecule has 4 aliphatic rings. The van der Waals surface area contributed by atoms with Gasteiger partial charge in [0, 0.05) is 97.2 Å². The summed E-state index contributed by atoms with van der Waals surface area (Å²) in [5, 5.41) is 3.39. The quantitative estimate of drug-likeness (QED) is 0.253. The van der Waals surface area contributed by atoms with Crippen molar-refractivity contribution in [1.82, 2.24) is 29.8 Å². The third-order valence-electron chi connectivity index (χ3n) is 9.73. The van der Waals surface area contributed by atoms with Crippen LogP contribution in [0.1, 0.15) is 57.9 Å². The standard InChI is InChI=1S/C22H35N3O2.C13H25N3O2.2H2O/c1-2-3-17-27-22(26)19-23-11-9-21(10-12-23)25-15-13-24(14-16-25)18-20-7-5-4-6-8-20;1-2-18-13(17)11-15-7-3-12(4-8-15)16-9-5-14-6-10-16;;/h4-8,21H,2-3,9-19H2,1H3;12,14H,2-11H2,1H3;2*1H2. The normalized spacial score (nSPS) is 21.1. The van der Waals surface area contributed by atoms with Gasteiger partial charge in [-0.25, -0.2) is 0 Å². The first-order valence-corrected chi connectivity index (χ1v) is 17.7. The highest BCUT2D eigenvalue weighted by Gasteiger charge is 2.29. The smallest absolute Gasteiger partial charge is 0.320 e. The van der Waals surface area contributed by atoms with Gasteiger partial charge in [-0.2, -0.15) is 0 Å². The molecule has 47 heavy (non-hydrogen) atoms. The highest BCUT2D eigenvalue weighted by Crippen LogP contribution is 2.20. The van der Waals surface area contributed by atoms with Gasteiger partial charge in [-0.15, -0.1) is 0 Å². The van der Waals surface area contributed by atoms with Gasteiger partial charge >= 0.3 is 11.9 Å².